The Labute approximate surface area is 95.3 Å². The minimum absolute atomic E-state index is 0.0257. The first-order chi connectivity index (χ1) is 7.56. The first-order valence-corrected chi connectivity index (χ1v) is 5.34. The van der Waals surface area contributed by atoms with Gasteiger partial charge in [-0.05, 0) is 6.92 Å². The molecule has 0 aromatic rings. The summed E-state index contributed by atoms with van der Waals surface area (Å²) in [6.45, 7) is 3.92. The molecule has 0 bridgehead atoms. The van der Waals surface area contributed by atoms with E-state index in [2.05, 4.69) is 10.6 Å². The van der Waals surface area contributed by atoms with Gasteiger partial charge in [-0.15, -0.1) is 0 Å². The molecule has 0 aromatic heterocycles. The van der Waals surface area contributed by atoms with Crippen molar-refractivity contribution in [3.63, 3.8) is 0 Å². The molecule has 1 heterocycles. The number of aliphatic hydroxyl groups is 1. The molecule has 0 aliphatic carbocycles. The maximum Gasteiger partial charge on any atom is 0.246 e. The standard InChI is InChI=1S/C10H20N2O4/c1-10(6-11-7-10)16-5-9(14)12-3-8(13)4-15-2/h8,11,13H,3-7H2,1-2H3,(H,12,14). The smallest absolute Gasteiger partial charge is 0.246 e. The van der Waals surface area contributed by atoms with Gasteiger partial charge in [0.2, 0.25) is 5.91 Å². The molecule has 1 atom stereocenters. The van der Waals surface area contributed by atoms with Gasteiger partial charge >= 0.3 is 0 Å². The first kappa shape index (κ1) is 13.4. The molecule has 94 valence electrons. The normalized spacial score (nSPS) is 19.9. The minimum atomic E-state index is -0.671. The van der Waals surface area contributed by atoms with Crippen LogP contribution in [-0.2, 0) is 14.3 Å². The van der Waals surface area contributed by atoms with Gasteiger partial charge < -0.3 is 25.2 Å². The van der Waals surface area contributed by atoms with E-state index < -0.39 is 6.10 Å². The fourth-order valence-electron chi connectivity index (χ4n) is 1.35. The lowest BCUT2D eigenvalue weighted by molar-refractivity contribution is -0.136. The molecule has 1 fully saturated rings. The van der Waals surface area contributed by atoms with Crippen molar-refractivity contribution in [2.24, 2.45) is 0 Å². The van der Waals surface area contributed by atoms with Crippen LogP contribution in [0, 0.1) is 0 Å². The van der Waals surface area contributed by atoms with Crippen LogP contribution in [0.15, 0.2) is 0 Å². The Morgan fingerprint density at radius 3 is 2.81 bits per heavy atom. The van der Waals surface area contributed by atoms with Crippen molar-refractivity contribution in [1.29, 1.82) is 0 Å². The van der Waals surface area contributed by atoms with Crippen LogP contribution in [0.25, 0.3) is 0 Å². The zero-order valence-corrected chi connectivity index (χ0v) is 9.78. The summed E-state index contributed by atoms with van der Waals surface area (Å²) in [5.41, 5.74) is -0.220. The van der Waals surface area contributed by atoms with Crippen LogP contribution in [0.2, 0.25) is 0 Å². The molecule has 0 aromatic carbocycles. The van der Waals surface area contributed by atoms with Crippen LogP contribution in [0.1, 0.15) is 6.92 Å². The third-order valence-corrected chi connectivity index (χ3v) is 2.44. The van der Waals surface area contributed by atoms with Gasteiger partial charge in [0.1, 0.15) is 6.61 Å². The first-order valence-electron chi connectivity index (χ1n) is 5.34. The topological polar surface area (TPSA) is 79.8 Å². The summed E-state index contributed by atoms with van der Waals surface area (Å²) < 4.78 is 10.2. The molecular formula is C10H20N2O4. The molecule has 0 saturated carbocycles. The third kappa shape index (κ3) is 4.44. The van der Waals surface area contributed by atoms with Gasteiger partial charge in [-0.2, -0.15) is 0 Å². The van der Waals surface area contributed by atoms with E-state index in [9.17, 15) is 9.90 Å². The van der Waals surface area contributed by atoms with E-state index in [1.807, 2.05) is 6.92 Å². The van der Waals surface area contributed by atoms with Gasteiger partial charge in [0.25, 0.3) is 0 Å². The number of carbonyl (C=O) groups is 1. The fourth-order valence-corrected chi connectivity index (χ4v) is 1.35. The Morgan fingerprint density at radius 1 is 1.62 bits per heavy atom. The largest absolute Gasteiger partial charge is 0.389 e. The van der Waals surface area contributed by atoms with Gasteiger partial charge in [0, 0.05) is 26.7 Å². The molecule has 1 saturated heterocycles. The lowest BCUT2D eigenvalue weighted by Gasteiger charge is -2.38. The van der Waals surface area contributed by atoms with Crippen LogP contribution in [0.3, 0.4) is 0 Å². The predicted molar refractivity (Wildman–Crippen MR) is 58.1 cm³/mol. The second-order valence-electron chi connectivity index (χ2n) is 4.26. The monoisotopic (exact) mass is 232 g/mol. The number of methoxy groups -OCH3 is 1. The van der Waals surface area contributed by atoms with E-state index in [4.69, 9.17) is 9.47 Å². The van der Waals surface area contributed by atoms with Gasteiger partial charge in [0.15, 0.2) is 0 Å². The summed E-state index contributed by atoms with van der Waals surface area (Å²) in [6.07, 6.45) is -0.671. The van der Waals surface area contributed by atoms with Crippen LogP contribution in [0.5, 0.6) is 0 Å². The maximum absolute atomic E-state index is 11.3. The van der Waals surface area contributed by atoms with E-state index in [-0.39, 0.29) is 31.3 Å². The Balaban J connectivity index is 2.06. The lowest BCUT2D eigenvalue weighted by Crippen LogP contribution is -2.59. The van der Waals surface area contributed by atoms with Crippen molar-refractivity contribution in [1.82, 2.24) is 10.6 Å². The zero-order valence-electron chi connectivity index (χ0n) is 9.78. The van der Waals surface area contributed by atoms with Crippen molar-refractivity contribution in [2.45, 2.75) is 18.6 Å². The van der Waals surface area contributed by atoms with E-state index in [0.29, 0.717) is 0 Å². The Kier molecular flexibility index (Phi) is 5.14. The summed E-state index contributed by atoms with van der Waals surface area (Å²) in [7, 11) is 1.50. The van der Waals surface area contributed by atoms with Crippen LogP contribution >= 0.6 is 0 Å². The molecule has 6 heteroatoms. The molecular weight excluding hydrogens is 212 g/mol. The van der Waals surface area contributed by atoms with Crippen LogP contribution < -0.4 is 10.6 Å². The number of carbonyl (C=O) groups excluding carboxylic acids is 1. The number of hydrogen-bond acceptors (Lipinski definition) is 5. The highest BCUT2D eigenvalue weighted by Gasteiger charge is 2.32. The van der Waals surface area contributed by atoms with Crippen molar-refractivity contribution >= 4 is 5.91 Å². The molecule has 0 spiro atoms. The number of hydrogen-bond donors (Lipinski definition) is 3. The van der Waals surface area contributed by atoms with Crippen molar-refractivity contribution in [3.05, 3.63) is 0 Å². The molecule has 16 heavy (non-hydrogen) atoms. The number of ether oxygens (including phenoxy) is 2. The summed E-state index contributed by atoms with van der Waals surface area (Å²) in [5, 5.41) is 14.9. The van der Waals surface area contributed by atoms with Crippen LogP contribution in [-0.4, -0.2) is 62.7 Å². The van der Waals surface area contributed by atoms with Gasteiger partial charge in [-0.1, -0.05) is 0 Å². The van der Waals surface area contributed by atoms with Crippen LogP contribution in [0.4, 0.5) is 0 Å². The number of amides is 1. The molecule has 1 aliphatic rings. The molecule has 0 radical (unpaired) electrons. The van der Waals surface area contributed by atoms with E-state index in [0.717, 1.165) is 13.1 Å². The van der Waals surface area contributed by atoms with Gasteiger partial charge in [-0.3, -0.25) is 4.79 Å². The summed E-state index contributed by atoms with van der Waals surface area (Å²) in [5.74, 6) is -0.219. The second kappa shape index (κ2) is 6.15. The third-order valence-electron chi connectivity index (χ3n) is 2.44. The highest BCUT2D eigenvalue weighted by atomic mass is 16.5. The Hall–Kier alpha value is -0.690. The molecule has 1 amide bonds. The van der Waals surface area contributed by atoms with Crippen molar-refractivity contribution in [3.8, 4) is 0 Å². The predicted octanol–water partition coefficient (Wildman–Crippen LogP) is -1.51. The average molecular weight is 232 g/mol. The summed E-state index contributed by atoms with van der Waals surface area (Å²) in [6, 6.07) is 0. The number of aliphatic hydroxyl groups excluding tert-OH is 1. The van der Waals surface area contributed by atoms with E-state index >= 15 is 0 Å². The number of rotatable bonds is 7. The number of nitrogens with one attached hydrogen (secondary N) is 2. The zero-order chi connectivity index (χ0) is 12.0. The molecule has 1 unspecified atom stereocenters. The van der Waals surface area contributed by atoms with Gasteiger partial charge in [-0.25, -0.2) is 0 Å². The lowest BCUT2D eigenvalue weighted by atomic mass is 10.0. The average Bonchev–Trinajstić information content (AvgIpc) is 2.21. The minimum Gasteiger partial charge on any atom is -0.389 e. The fraction of sp³-hybridized carbons (Fsp3) is 0.900. The highest BCUT2D eigenvalue weighted by molar-refractivity contribution is 5.77. The maximum atomic E-state index is 11.3. The Bertz CT molecular complexity index is 231. The summed E-state index contributed by atoms with van der Waals surface area (Å²) in [4.78, 5) is 11.3. The van der Waals surface area contributed by atoms with Crippen molar-refractivity contribution < 1.29 is 19.4 Å². The SMILES string of the molecule is COCC(O)CNC(=O)COC1(C)CNC1. The van der Waals surface area contributed by atoms with E-state index in [1.54, 1.807) is 0 Å². The quantitative estimate of drug-likeness (QED) is 0.497. The molecule has 6 nitrogen and oxygen atoms in total. The molecule has 1 aliphatic heterocycles. The Morgan fingerprint density at radius 2 is 2.31 bits per heavy atom. The summed E-state index contributed by atoms with van der Waals surface area (Å²) >= 11 is 0. The molecule has 1 rings (SSSR count). The second-order valence-corrected chi connectivity index (χ2v) is 4.26. The van der Waals surface area contributed by atoms with Gasteiger partial charge in [0.05, 0.1) is 18.3 Å². The molecule has 3 N–H and O–H groups in total. The van der Waals surface area contributed by atoms with Crippen molar-refractivity contribution in [2.75, 3.05) is 40.0 Å². The highest BCUT2D eigenvalue weighted by Crippen LogP contribution is 2.14. The van der Waals surface area contributed by atoms with E-state index in [1.165, 1.54) is 7.11 Å².